The van der Waals surface area contributed by atoms with Gasteiger partial charge in [-0.3, -0.25) is 0 Å². The molecule has 2 N–H and O–H groups in total. The van der Waals surface area contributed by atoms with Crippen molar-refractivity contribution in [2.24, 2.45) is 5.92 Å². The Bertz CT molecular complexity index is 581. The summed E-state index contributed by atoms with van der Waals surface area (Å²) in [5.41, 5.74) is 2.29. The van der Waals surface area contributed by atoms with Crippen molar-refractivity contribution in [3.8, 4) is 5.69 Å². The first-order chi connectivity index (χ1) is 11.3. The molecular weight excluding hydrogens is 286 g/mol. The number of aromatic nitrogens is 2. The van der Waals surface area contributed by atoms with Crippen LogP contribution in [0.15, 0.2) is 42.7 Å². The molecule has 1 aromatic heterocycles. The molecule has 1 saturated carbocycles. The van der Waals surface area contributed by atoms with Gasteiger partial charge in [-0.25, -0.2) is 4.68 Å². The summed E-state index contributed by atoms with van der Waals surface area (Å²) in [4.78, 5) is 0. The molecule has 2 aromatic rings. The molecule has 4 nitrogen and oxygen atoms in total. The maximum atomic E-state index is 9.98. The zero-order valence-corrected chi connectivity index (χ0v) is 13.7. The van der Waals surface area contributed by atoms with Gasteiger partial charge < -0.3 is 10.4 Å². The van der Waals surface area contributed by atoms with Crippen molar-refractivity contribution in [1.82, 2.24) is 15.1 Å². The van der Waals surface area contributed by atoms with Crippen molar-refractivity contribution in [2.75, 3.05) is 6.54 Å². The topological polar surface area (TPSA) is 50.1 Å². The van der Waals surface area contributed by atoms with Gasteiger partial charge in [-0.05, 0) is 50.3 Å². The van der Waals surface area contributed by atoms with Gasteiger partial charge in [0.05, 0.1) is 18.0 Å². The predicted octanol–water partition coefficient (Wildman–Crippen LogP) is 3.29. The summed E-state index contributed by atoms with van der Waals surface area (Å²) < 4.78 is 1.91. The molecule has 1 aliphatic rings. The first-order valence-electron chi connectivity index (χ1n) is 8.80. The maximum Gasteiger partial charge on any atom is 0.0645 e. The van der Waals surface area contributed by atoms with E-state index in [4.69, 9.17) is 0 Å². The van der Waals surface area contributed by atoms with E-state index in [0.29, 0.717) is 5.92 Å². The van der Waals surface area contributed by atoms with Crippen molar-refractivity contribution in [3.63, 3.8) is 0 Å². The number of nitrogens with one attached hydrogen (secondary N) is 1. The number of para-hydroxylation sites is 1. The summed E-state index contributed by atoms with van der Waals surface area (Å²) in [6.45, 7) is 1.85. The van der Waals surface area contributed by atoms with Gasteiger partial charge in [-0.1, -0.05) is 31.0 Å². The Morgan fingerprint density at radius 2 is 2.00 bits per heavy atom. The van der Waals surface area contributed by atoms with Crippen LogP contribution in [0.4, 0.5) is 0 Å². The molecule has 0 aliphatic heterocycles. The van der Waals surface area contributed by atoms with Crippen LogP contribution in [0.25, 0.3) is 5.69 Å². The third-order valence-electron chi connectivity index (χ3n) is 4.78. The van der Waals surface area contributed by atoms with Crippen molar-refractivity contribution >= 4 is 0 Å². The highest BCUT2D eigenvalue weighted by Crippen LogP contribution is 2.27. The van der Waals surface area contributed by atoms with Crippen LogP contribution in [-0.4, -0.2) is 27.5 Å². The summed E-state index contributed by atoms with van der Waals surface area (Å²) in [6, 6.07) is 10.2. The Morgan fingerprint density at radius 1 is 1.17 bits per heavy atom. The van der Waals surface area contributed by atoms with E-state index in [1.54, 1.807) is 0 Å². The monoisotopic (exact) mass is 313 g/mol. The molecule has 1 heterocycles. The second-order valence-electron chi connectivity index (χ2n) is 6.56. The number of aliphatic hydroxyl groups is 1. The molecule has 0 bridgehead atoms. The average Bonchev–Trinajstić information content (AvgIpc) is 3.06. The molecule has 0 amide bonds. The van der Waals surface area contributed by atoms with Gasteiger partial charge >= 0.3 is 0 Å². The third kappa shape index (κ3) is 4.66. The second-order valence-corrected chi connectivity index (χ2v) is 6.56. The lowest BCUT2D eigenvalue weighted by Gasteiger charge is -2.27. The van der Waals surface area contributed by atoms with Crippen LogP contribution in [0.2, 0.25) is 0 Å². The SMILES string of the molecule is OC1CCCCC1CCCNCc1cnn(-c2ccccc2)c1. The van der Waals surface area contributed by atoms with Crippen molar-refractivity contribution in [1.29, 1.82) is 0 Å². The second kappa shape index (κ2) is 8.27. The van der Waals surface area contributed by atoms with E-state index in [9.17, 15) is 5.11 Å². The minimum Gasteiger partial charge on any atom is -0.393 e. The van der Waals surface area contributed by atoms with Gasteiger partial charge in [-0.2, -0.15) is 5.10 Å². The van der Waals surface area contributed by atoms with Crippen LogP contribution in [0.5, 0.6) is 0 Å². The lowest BCUT2D eigenvalue weighted by molar-refractivity contribution is 0.0643. The third-order valence-corrected chi connectivity index (χ3v) is 4.78. The molecule has 124 valence electrons. The van der Waals surface area contributed by atoms with E-state index in [1.807, 2.05) is 29.1 Å². The summed E-state index contributed by atoms with van der Waals surface area (Å²) in [5.74, 6) is 0.520. The number of nitrogens with zero attached hydrogens (tertiary/aromatic N) is 2. The Balaban J connectivity index is 1.37. The van der Waals surface area contributed by atoms with Crippen LogP contribution in [0.1, 0.15) is 44.1 Å². The Morgan fingerprint density at radius 3 is 2.83 bits per heavy atom. The molecule has 1 aliphatic carbocycles. The molecular formula is C19H27N3O. The quantitative estimate of drug-likeness (QED) is 0.771. The van der Waals surface area contributed by atoms with Gasteiger partial charge in [0.2, 0.25) is 0 Å². The number of hydrogen-bond acceptors (Lipinski definition) is 3. The van der Waals surface area contributed by atoms with E-state index in [0.717, 1.165) is 38.0 Å². The molecule has 0 spiro atoms. The van der Waals surface area contributed by atoms with E-state index >= 15 is 0 Å². The molecule has 1 fully saturated rings. The zero-order chi connectivity index (χ0) is 15.9. The highest BCUT2D eigenvalue weighted by molar-refractivity contribution is 5.30. The predicted molar refractivity (Wildman–Crippen MR) is 92.5 cm³/mol. The molecule has 23 heavy (non-hydrogen) atoms. The molecule has 2 unspecified atom stereocenters. The lowest BCUT2D eigenvalue weighted by atomic mass is 9.83. The summed E-state index contributed by atoms with van der Waals surface area (Å²) in [5, 5.41) is 17.9. The highest BCUT2D eigenvalue weighted by Gasteiger charge is 2.21. The van der Waals surface area contributed by atoms with Crippen molar-refractivity contribution in [2.45, 2.75) is 51.2 Å². The molecule has 2 atom stereocenters. The van der Waals surface area contributed by atoms with Crippen LogP contribution < -0.4 is 5.32 Å². The van der Waals surface area contributed by atoms with Crippen LogP contribution in [0.3, 0.4) is 0 Å². The normalized spacial score (nSPS) is 21.4. The fraction of sp³-hybridized carbons (Fsp3) is 0.526. The van der Waals surface area contributed by atoms with E-state index in [2.05, 4.69) is 28.7 Å². The fourth-order valence-electron chi connectivity index (χ4n) is 3.42. The minimum atomic E-state index is -0.0622. The molecule has 3 rings (SSSR count). The van der Waals surface area contributed by atoms with Crippen LogP contribution in [-0.2, 0) is 6.54 Å². The lowest BCUT2D eigenvalue weighted by Crippen LogP contribution is -2.25. The number of hydrogen-bond donors (Lipinski definition) is 2. The van der Waals surface area contributed by atoms with Crippen LogP contribution >= 0.6 is 0 Å². The minimum absolute atomic E-state index is 0.0622. The molecule has 0 saturated heterocycles. The summed E-state index contributed by atoms with van der Waals surface area (Å²) >= 11 is 0. The van der Waals surface area contributed by atoms with E-state index in [-0.39, 0.29) is 6.10 Å². The number of rotatable bonds is 7. The van der Waals surface area contributed by atoms with Gasteiger partial charge in [-0.15, -0.1) is 0 Å². The summed E-state index contributed by atoms with van der Waals surface area (Å²) in [7, 11) is 0. The Labute approximate surface area is 138 Å². The van der Waals surface area contributed by atoms with Gasteiger partial charge in [0.1, 0.15) is 0 Å². The van der Waals surface area contributed by atoms with E-state index < -0.39 is 0 Å². The summed E-state index contributed by atoms with van der Waals surface area (Å²) in [6.07, 6.45) is 10.9. The number of aliphatic hydroxyl groups excluding tert-OH is 1. The van der Waals surface area contributed by atoms with E-state index in [1.165, 1.54) is 24.8 Å². The van der Waals surface area contributed by atoms with Crippen molar-refractivity contribution in [3.05, 3.63) is 48.3 Å². The largest absolute Gasteiger partial charge is 0.393 e. The number of benzene rings is 1. The van der Waals surface area contributed by atoms with Gasteiger partial charge in [0.25, 0.3) is 0 Å². The maximum absolute atomic E-state index is 9.98. The smallest absolute Gasteiger partial charge is 0.0645 e. The standard InChI is InChI=1S/C19H27N3O/c23-19-11-5-4-7-17(19)8-6-12-20-13-16-14-21-22(15-16)18-9-2-1-3-10-18/h1-3,9-10,14-15,17,19-20,23H,4-8,11-13H2. The van der Waals surface area contributed by atoms with Crippen LogP contribution in [0, 0.1) is 5.92 Å². The molecule has 4 heteroatoms. The zero-order valence-electron chi connectivity index (χ0n) is 13.7. The highest BCUT2D eigenvalue weighted by atomic mass is 16.3. The Hall–Kier alpha value is -1.65. The average molecular weight is 313 g/mol. The van der Waals surface area contributed by atoms with Crippen molar-refractivity contribution < 1.29 is 5.11 Å². The first kappa shape index (κ1) is 16.2. The first-order valence-corrected chi connectivity index (χ1v) is 8.80. The Kier molecular flexibility index (Phi) is 5.83. The van der Waals surface area contributed by atoms with Gasteiger partial charge in [0.15, 0.2) is 0 Å². The van der Waals surface area contributed by atoms with Gasteiger partial charge in [0, 0.05) is 18.3 Å². The molecule has 0 radical (unpaired) electrons. The molecule has 1 aromatic carbocycles. The fourth-order valence-corrected chi connectivity index (χ4v) is 3.42.